The SMILES string of the molecule is O=C(O)C1=C(C(=O)OCCBr)CS[C@H]2C(NC(=O)c3ccccc3)C(=O)N12. The molecule has 0 aromatic heterocycles. The first kappa shape index (κ1) is 19.4. The molecular formula is C17H15BrN2O6S. The predicted octanol–water partition coefficient (Wildman–Crippen LogP) is 0.977. The first-order chi connectivity index (χ1) is 13.0. The number of nitrogens with one attached hydrogen (secondary N) is 1. The summed E-state index contributed by atoms with van der Waals surface area (Å²) < 4.78 is 4.98. The molecule has 10 heteroatoms. The molecule has 1 unspecified atom stereocenters. The van der Waals surface area contributed by atoms with Crippen molar-refractivity contribution < 1.29 is 29.0 Å². The second kappa shape index (κ2) is 8.13. The minimum Gasteiger partial charge on any atom is -0.477 e. The third-order valence-corrected chi connectivity index (χ3v) is 5.65. The van der Waals surface area contributed by atoms with Crippen LogP contribution in [0.5, 0.6) is 0 Å². The smallest absolute Gasteiger partial charge is 0.353 e. The zero-order valence-corrected chi connectivity index (χ0v) is 16.3. The monoisotopic (exact) mass is 454 g/mol. The summed E-state index contributed by atoms with van der Waals surface area (Å²) >= 11 is 4.33. The molecule has 1 aromatic rings. The van der Waals surface area contributed by atoms with E-state index < -0.39 is 35.2 Å². The topological polar surface area (TPSA) is 113 Å². The minimum absolute atomic E-state index is 0.0640. The van der Waals surface area contributed by atoms with Crippen LogP contribution in [0.1, 0.15) is 10.4 Å². The number of carboxylic acids is 1. The van der Waals surface area contributed by atoms with Gasteiger partial charge in [0.2, 0.25) is 0 Å². The molecule has 0 saturated carbocycles. The molecule has 1 aromatic carbocycles. The van der Waals surface area contributed by atoms with Crippen LogP contribution in [0.2, 0.25) is 0 Å². The summed E-state index contributed by atoms with van der Waals surface area (Å²) in [6, 6.07) is 7.56. The van der Waals surface area contributed by atoms with E-state index >= 15 is 0 Å². The van der Waals surface area contributed by atoms with Gasteiger partial charge in [0.25, 0.3) is 11.8 Å². The van der Waals surface area contributed by atoms with Crippen LogP contribution in [0, 0.1) is 0 Å². The van der Waals surface area contributed by atoms with Crippen molar-refractivity contribution in [3.05, 3.63) is 47.2 Å². The number of thioether (sulfide) groups is 1. The van der Waals surface area contributed by atoms with Gasteiger partial charge in [-0.15, -0.1) is 11.8 Å². The van der Waals surface area contributed by atoms with E-state index in [1.807, 2.05) is 0 Å². The van der Waals surface area contributed by atoms with Crippen LogP contribution in [-0.2, 0) is 19.1 Å². The van der Waals surface area contributed by atoms with E-state index in [2.05, 4.69) is 21.2 Å². The number of aliphatic carboxylic acids is 1. The molecule has 1 fully saturated rings. The minimum atomic E-state index is -1.38. The van der Waals surface area contributed by atoms with E-state index in [9.17, 15) is 24.3 Å². The number of amides is 2. The Morgan fingerprint density at radius 3 is 2.63 bits per heavy atom. The van der Waals surface area contributed by atoms with Crippen LogP contribution in [0.15, 0.2) is 41.6 Å². The number of benzene rings is 1. The summed E-state index contributed by atoms with van der Waals surface area (Å²) in [4.78, 5) is 49.6. The highest BCUT2D eigenvalue weighted by atomic mass is 79.9. The maximum absolute atomic E-state index is 12.5. The number of carbonyl (C=O) groups excluding carboxylic acids is 3. The van der Waals surface area contributed by atoms with Crippen LogP contribution in [0.25, 0.3) is 0 Å². The van der Waals surface area contributed by atoms with Crippen molar-refractivity contribution in [1.82, 2.24) is 10.2 Å². The Kier molecular flexibility index (Phi) is 5.85. The van der Waals surface area contributed by atoms with Crippen molar-refractivity contribution in [2.45, 2.75) is 11.4 Å². The van der Waals surface area contributed by atoms with Crippen molar-refractivity contribution in [3.8, 4) is 0 Å². The Morgan fingerprint density at radius 1 is 1.30 bits per heavy atom. The molecule has 0 bridgehead atoms. The second-order valence-electron chi connectivity index (χ2n) is 5.68. The van der Waals surface area contributed by atoms with Gasteiger partial charge in [0, 0.05) is 16.6 Å². The molecule has 8 nitrogen and oxygen atoms in total. The first-order valence-electron chi connectivity index (χ1n) is 7.95. The number of esters is 1. The molecule has 2 heterocycles. The van der Waals surface area contributed by atoms with Crippen LogP contribution >= 0.6 is 27.7 Å². The molecule has 3 rings (SSSR count). The Labute approximate surface area is 167 Å². The molecular weight excluding hydrogens is 440 g/mol. The van der Waals surface area contributed by atoms with Gasteiger partial charge >= 0.3 is 11.9 Å². The molecule has 0 spiro atoms. The van der Waals surface area contributed by atoms with Crippen LogP contribution in [0.3, 0.4) is 0 Å². The van der Waals surface area contributed by atoms with E-state index in [0.29, 0.717) is 10.9 Å². The number of rotatable bonds is 6. The number of hydrogen-bond donors (Lipinski definition) is 2. The Bertz CT molecular complexity index is 828. The largest absolute Gasteiger partial charge is 0.477 e. The maximum Gasteiger partial charge on any atom is 0.353 e. The summed E-state index contributed by atoms with van der Waals surface area (Å²) in [6.07, 6.45) is 0. The van der Waals surface area contributed by atoms with Gasteiger partial charge in [0.05, 0.1) is 5.57 Å². The Balaban J connectivity index is 1.78. The fraction of sp³-hybridized carbons (Fsp3) is 0.294. The number of β-lactam (4-membered cyclic amide) rings is 1. The summed E-state index contributed by atoms with van der Waals surface area (Å²) in [7, 11) is 0. The maximum atomic E-state index is 12.5. The molecule has 0 radical (unpaired) electrons. The fourth-order valence-electron chi connectivity index (χ4n) is 2.81. The van der Waals surface area contributed by atoms with E-state index in [1.54, 1.807) is 30.3 Å². The van der Waals surface area contributed by atoms with Crippen molar-refractivity contribution in [2.24, 2.45) is 0 Å². The zero-order valence-electron chi connectivity index (χ0n) is 13.9. The van der Waals surface area contributed by atoms with Crippen LogP contribution in [-0.4, -0.2) is 62.9 Å². The number of halogens is 1. The van der Waals surface area contributed by atoms with E-state index in [4.69, 9.17) is 4.74 Å². The standard InChI is InChI=1S/C17H15BrN2O6S/c18-6-7-26-17(25)10-8-27-15-11(14(22)20(15)12(10)16(23)24)19-13(21)9-4-2-1-3-5-9/h1-5,11,15H,6-8H2,(H,19,21)(H,23,24)/t11?,15-/m0/s1. The van der Waals surface area contributed by atoms with E-state index in [0.717, 1.165) is 4.90 Å². The van der Waals surface area contributed by atoms with Gasteiger partial charge in [-0.1, -0.05) is 34.1 Å². The van der Waals surface area contributed by atoms with Gasteiger partial charge in [-0.25, -0.2) is 9.59 Å². The van der Waals surface area contributed by atoms with Gasteiger partial charge in [-0.2, -0.15) is 0 Å². The number of ether oxygens (including phenoxy) is 1. The van der Waals surface area contributed by atoms with Crippen LogP contribution < -0.4 is 5.32 Å². The Morgan fingerprint density at radius 2 is 2.00 bits per heavy atom. The first-order valence-corrected chi connectivity index (χ1v) is 10.1. The number of carbonyl (C=O) groups is 4. The molecule has 0 aliphatic carbocycles. The second-order valence-corrected chi connectivity index (χ2v) is 7.58. The third kappa shape index (κ3) is 3.72. The van der Waals surface area contributed by atoms with Gasteiger partial charge < -0.3 is 15.2 Å². The predicted molar refractivity (Wildman–Crippen MR) is 100 cm³/mol. The molecule has 2 N–H and O–H groups in total. The van der Waals surface area contributed by atoms with Gasteiger partial charge in [0.1, 0.15) is 23.7 Å². The lowest BCUT2D eigenvalue weighted by molar-refractivity contribution is -0.149. The highest BCUT2D eigenvalue weighted by molar-refractivity contribution is 9.09. The van der Waals surface area contributed by atoms with Gasteiger partial charge in [0.15, 0.2) is 0 Å². The highest BCUT2D eigenvalue weighted by Gasteiger charge is 2.55. The summed E-state index contributed by atoms with van der Waals surface area (Å²) in [5, 5.41) is 12.0. The average Bonchev–Trinajstić information content (AvgIpc) is 2.69. The van der Waals surface area contributed by atoms with Gasteiger partial charge in [-0.3, -0.25) is 14.5 Å². The van der Waals surface area contributed by atoms with E-state index in [1.165, 1.54) is 11.8 Å². The van der Waals surface area contributed by atoms with Crippen molar-refractivity contribution in [1.29, 1.82) is 0 Å². The van der Waals surface area contributed by atoms with Crippen LogP contribution in [0.4, 0.5) is 0 Å². The number of fused-ring (bicyclic) bond motifs is 1. The lowest BCUT2D eigenvalue weighted by Crippen LogP contribution is -2.70. The lowest BCUT2D eigenvalue weighted by Gasteiger charge is -2.49. The van der Waals surface area contributed by atoms with Gasteiger partial charge in [-0.05, 0) is 12.1 Å². The van der Waals surface area contributed by atoms with Crippen molar-refractivity contribution in [2.75, 3.05) is 17.7 Å². The molecule has 142 valence electrons. The molecule has 2 amide bonds. The quantitative estimate of drug-likeness (QED) is 0.374. The normalized spacial score (nSPS) is 21.2. The number of alkyl halides is 1. The molecule has 1 saturated heterocycles. The highest BCUT2D eigenvalue weighted by Crippen LogP contribution is 2.40. The number of hydrogen-bond acceptors (Lipinski definition) is 6. The fourth-order valence-corrected chi connectivity index (χ4v) is 4.30. The summed E-state index contributed by atoms with van der Waals surface area (Å²) in [5.41, 5.74) is -0.0444. The molecule has 2 atom stereocenters. The molecule has 2 aliphatic heterocycles. The summed E-state index contributed by atoms with van der Waals surface area (Å²) in [6.45, 7) is 0.0903. The Hall–Kier alpha value is -2.33. The third-order valence-electron chi connectivity index (χ3n) is 4.05. The van der Waals surface area contributed by atoms with Crippen molar-refractivity contribution >= 4 is 51.4 Å². The average molecular weight is 455 g/mol. The zero-order chi connectivity index (χ0) is 19.6. The van der Waals surface area contributed by atoms with Crippen molar-refractivity contribution in [3.63, 3.8) is 0 Å². The number of nitrogens with zero attached hydrogens (tertiary/aromatic N) is 1. The van der Waals surface area contributed by atoms with E-state index in [-0.39, 0.29) is 23.6 Å². The molecule has 2 aliphatic rings. The number of carboxylic acid groups (broad SMARTS) is 1. The lowest BCUT2D eigenvalue weighted by atomic mass is 10.0. The summed E-state index contributed by atoms with van der Waals surface area (Å²) in [5.74, 6) is -3.05. The molecule has 27 heavy (non-hydrogen) atoms.